The Labute approximate surface area is 127 Å². The highest BCUT2D eigenvalue weighted by Gasteiger charge is 2.08. The van der Waals surface area contributed by atoms with Gasteiger partial charge in [-0.1, -0.05) is 61.0 Å². The molecule has 20 heavy (non-hydrogen) atoms. The van der Waals surface area contributed by atoms with Crippen molar-refractivity contribution in [2.45, 2.75) is 32.2 Å². The molecule has 0 amide bonds. The number of rotatable bonds is 6. The lowest BCUT2D eigenvalue weighted by atomic mass is 9.98. The highest BCUT2D eigenvalue weighted by Crippen LogP contribution is 2.20. The molecule has 0 spiro atoms. The van der Waals surface area contributed by atoms with E-state index in [4.69, 9.17) is 11.6 Å². The smallest absolute Gasteiger partial charge is 0.0409 e. The number of nitrogens with one attached hydrogen (secondary N) is 1. The van der Waals surface area contributed by atoms with Crippen molar-refractivity contribution in [2.75, 3.05) is 6.54 Å². The van der Waals surface area contributed by atoms with Gasteiger partial charge in [-0.2, -0.15) is 0 Å². The molecule has 2 heteroatoms. The van der Waals surface area contributed by atoms with Crippen LogP contribution in [-0.2, 0) is 0 Å². The van der Waals surface area contributed by atoms with E-state index in [0.29, 0.717) is 12.0 Å². The molecule has 1 unspecified atom stereocenters. The average molecular weight is 288 g/mol. The van der Waals surface area contributed by atoms with Crippen molar-refractivity contribution < 1.29 is 0 Å². The number of halogens is 1. The Hall–Kier alpha value is -1.31. The van der Waals surface area contributed by atoms with Crippen LogP contribution in [0.4, 0.5) is 0 Å². The molecular weight excluding hydrogens is 266 g/mol. The van der Waals surface area contributed by atoms with Crippen molar-refractivity contribution in [1.29, 1.82) is 0 Å². The van der Waals surface area contributed by atoms with E-state index in [2.05, 4.69) is 55.6 Å². The third-order valence-electron chi connectivity index (χ3n) is 3.75. The van der Waals surface area contributed by atoms with Gasteiger partial charge in [0.25, 0.3) is 0 Å². The highest BCUT2D eigenvalue weighted by atomic mass is 35.5. The van der Waals surface area contributed by atoms with Gasteiger partial charge in [0, 0.05) is 11.1 Å². The molecule has 2 rings (SSSR count). The molecule has 106 valence electrons. The van der Waals surface area contributed by atoms with Gasteiger partial charge < -0.3 is 5.32 Å². The number of hydrogen-bond acceptors (Lipinski definition) is 1. The molecule has 0 aliphatic carbocycles. The third kappa shape index (κ3) is 4.36. The maximum Gasteiger partial charge on any atom is 0.0409 e. The molecule has 0 radical (unpaired) electrons. The van der Waals surface area contributed by atoms with Crippen LogP contribution in [0.2, 0.25) is 5.02 Å². The summed E-state index contributed by atoms with van der Waals surface area (Å²) in [7, 11) is 0. The maximum atomic E-state index is 6.03. The average Bonchev–Trinajstić information content (AvgIpc) is 2.48. The fourth-order valence-electron chi connectivity index (χ4n) is 2.36. The first kappa shape index (κ1) is 15.1. The Morgan fingerprint density at radius 2 is 1.65 bits per heavy atom. The van der Waals surface area contributed by atoms with Gasteiger partial charge in [-0.15, -0.1) is 0 Å². The number of hydrogen-bond donors (Lipinski definition) is 1. The Morgan fingerprint density at radius 3 is 2.35 bits per heavy atom. The molecule has 0 aromatic heterocycles. The molecule has 1 N–H and O–H groups in total. The minimum Gasteiger partial charge on any atom is -0.310 e. The molecule has 0 saturated heterocycles. The molecule has 1 nitrogen and oxygen atoms in total. The summed E-state index contributed by atoms with van der Waals surface area (Å²) in [6.45, 7) is 5.46. The van der Waals surface area contributed by atoms with E-state index < -0.39 is 0 Å². The molecule has 0 bridgehead atoms. The lowest BCUT2D eigenvalue weighted by Gasteiger charge is -2.17. The summed E-state index contributed by atoms with van der Waals surface area (Å²) in [6, 6.07) is 19.1. The van der Waals surface area contributed by atoms with Crippen LogP contribution in [0.5, 0.6) is 0 Å². The first-order valence-electron chi connectivity index (χ1n) is 7.20. The van der Waals surface area contributed by atoms with Crippen LogP contribution >= 0.6 is 11.6 Å². The van der Waals surface area contributed by atoms with Crippen LogP contribution in [0.25, 0.3) is 0 Å². The van der Waals surface area contributed by atoms with Gasteiger partial charge in [0.15, 0.2) is 0 Å². The van der Waals surface area contributed by atoms with Gasteiger partial charge in [0.2, 0.25) is 0 Å². The summed E-state index contributed by atoms with van der Waals surface area (Å²) in [5.74, 6) is 0.579. The fraction of sp³-hybridized carbons (Fsp3) is 0.333. The molecule has 2 atom stereocenters. The van der Waals surface area contributed by atoms with Crippen LogP contribution in [0.3, 0.4) is 0 Å². The minimum absolute atomic E-state index is 0.330. The lowest BCUT2D eigenvalue weighted by Crippen LogP contribution is -2.21. The molecule has 2 aromatic rings. The molecule has 0 saturated carbocycles. The fourth-order valence-corrected chi connectivity index (χ4v) is 2.56. The van der Waals surface area contributed by atoms with Gasteiger partial charge >= 0.3 is 0 Å². The van der Waals surface area contributed by atoms with Crippen molar-refractivity contribution in [3.8, 4) is 0 Å². The van der Waals surface area contributed by atoms with Crippen LogP contribution in [0.1, 0.15) is 43.4 Å². The quantitative estimate of drug-likeness (QED) is 0.771. The summed E-state index contributed by atoms with van der Waals surface area (Å²) < 4.78 is 0. The summed E-state index contributed by atoms with van der Waals surface area (Å²) in [6.07, 6.45) is 1.13. The van der Waals surface area contributed by atoms with Crippen molar-refractivity contribution >= 4 is 11.6 Å². The summed E-state index contributed by atoms with van der Waals surface area (Å²) in [5.41, 5.74) is 2.65. The summed E-state index contributed by atoms with van der Waals surface area (Å²) >= 11 is 6.03. The van der Waals surface area contributed by atoms with Crippen LogP contribution in [0, 0.1) is 0 Å². The molecule has 0 aliphatic rings. The van der Waals surface area contributed by atoms with Crippen molar-refractivity contribution in [3.63, 3.8) is 0 Å². The van der Waals surface area contributed by atoms with Crippen molar-refractivity contribution in [2.24, 2.45) is 0 Å². The van der Waals surface area contributed by atoms with Gasteiger partial charge in [0.05, 0.1) is 0 Å². The van der Waals surface area contributed by atoms with Crippen LogP contribution < -0.4 is 5.32 Å². The van der Waals surface area contributed by atoms with E-state index in [-0.39, 0.29) is 0 Å². The van der Waals surface area contributed by atoms with Gasteiger partial charge in [-0.3, -0.25) is 0 Å². The zero-order valence-electron chi connectivity index (χ0n) is 12.1. The summed E-state index contributed by atoms with van der Waals surface area (Å²) in [4.78, 5) is 0. The van der Waals surface area contributed by atoms with E-state index in [1.807, 2.05) is 18.2 Å². The Kier molecular flexibility index (Phi) is 5.63. The molecule has 0 aliphatic heterocycles. The second-order valence-electron chi connectivity index (χ2n) is 5.33. The minimum atomic E-state index is 0.330. The van der Waals surface area contributed by atoms with E-state index in [0.717, 1.165) is 18.0 Å². The first-order valence-corrected chi connectivity index (χ1v) is 7.58. The Balaban J connectivity index is 1.81. The summed E-state index contributed by atoms with van der Waals surface area (Å²) in [5, 5.41) is 4.37. The predicted octanol–water partition coefficient (Wildman–Crippen LogP) is 5.18. The molecule has 0 heterocycles. The Morgan fingerprint density at radius 1 is 0.950 bits per heavy atom. The zero-order valence-corrected chi connectivity index (χ0v) is 12.9. The van der Waals surface area contributed by atoms with Crippen LogP contribution in [0.15, 0.2) is 54.6 Å². The molecule has 0 fully saturated rings. The zero-order chi connectivity index (χ0) is 14.4. The largest absolute Gasteiger partial charge is 0.310 e. The van der Waals surface area contributed by atoms with Gasteiger partial charge in [-0.25, -0.2) is 0 Å². The van der Waals surface area contributed by atoms with Crippen molar-refractivity contribution in [3.05, 3.63) is 70.7 Å². The van der Waals surface area contributed by atoms with Gasteiger partial charge in [0.1, 0.15) is 0 Å². The second kappa shape index (κ2) is 7.47. The SMILES string of the molecule is CC(CCN[C@H](C)c1cccc(Cl)c1)c1ccccc1. The van der Waals surface area contributed by atoms with E-state index in [1.54, 1.807) is 0 Å². The van der Waals surface area contributed by atoms with E-state index in [1.165, 1.54) is 11.1 Å². The highest BCUT2D eigenvalue weighted by molar-refractivity contribution is 6.30. The lowest BCUT2D eigenvalue weighted by molar-refractivity contribution is 0.531. The van der Waals surface area contributed by atoms with E-state index in [9.17, 15) is 0 Å². The third-order valence-corrected chi connectivity index (χ3v) is 3.98. The van der Waals surface area contributed by atoms with E-state index >= 15 is 0 Å². The van der Waals surface area contributed by atoms with Crippen LogP contribution in [-0.4, -0.2) is 6.54 Å². The predicted molar refractivity (Wildman–Crippen MR) is 87.3 cm³/mol. The first-order chi connectivity index (χ1) is 9.66. The maximum absolute atomic E-state index is 6.03. The normalized spacial score (nSPS) is 13.9. The standard InChI is InChI=1S/C18H22ClN/c1-14(16-7-4-3-5-8-16)11-12-20-15(2)17-9-6-10-18(19)13-17/h3-10,13-15,20H,11-12H2,1-2H3/t14?,15-/m1/s1. The topological polar surface area (TPSA) is 12.0 Å². The molecule has 2 aromatic carbocycles. The van der Waals surface area contributed by atoms with Gasteiger partial charge in [-0.05, 0) is 49.1 Å². The second-order valence-corrected chi connectivity index (χ2v) is 5.77. The molecular formula is C18H22ClN. The monoisotopic (exact) mass is 287 g/mol. The number of benzene rings is 2. The van der Waals surface area contributed by atoms with Crippen molar-refractivity contribution in [1.82, 2.24) is 5.32 Å². The Bertz CT molecular complexity index is 524.